The second kappa shape index (κ2) is 6.30. The van der Waals surface area contributed by atoms with Gasteiger partial charge in [0.15, 0.2) is 5.82 Å². The summed E-state index contributed by atoms with van der Waals surface area (Å²) >= 11 is 12.0. The smallest absolute Gasteiger partial charge is 0.222 e. The molecule has 0 aliphatic rings. The van der Waals surface area contributed by atoms with E-state index in [0.29, 0.717) is 21.8 Å². The Morgan fingerprint density at radius 1 is 1.08 bits per heavy atom. The number of nitrogens with zero attached hydrogens (tertiary/aromatic N) is 4. The molecule has 0 spiro atoms. The molecular formula is C17H17Cl2FN4. The van der Waals surface area contributed by atoms with Crippen molar-refractivity contribution in [2.75, 3.05) is 0 Å². The average molecular weight is 367 g/mol. The molecule has 0 N–H and O–H groups in total. The first-order valence-corrected chi connectivity index (χ1v) is 8.45. The van der Waals surface area contributed by atoms with E-state index in [1.807, 2.05) is 38.3 Å². The average Bonchev–Trinajstić information content (AvgIpc) is 2.90. The fourth-order valence-corrected chi connectivity index (χ4v) is 3.14. The Balaban J connectivity index is 2.33. The minimum absolute atomic E-state index is 0.0649. The Morgan fingerprint density at radius 3 is 2.42 bits per heavy atom. The van der Waals surface area contributed by atoms with Gasteiger partial charge in [-0.15, -0.1) is 0 Å². The van der Waals surface area contributed by atoms with Gasteiger partial charge in [-0.05, 0) is 37.6 Å². The first-order chi connectivity index (χ1) is 11.3. The lowest BCUT2D eigenvalue weighted by Crippen LogP contribution is -2.07. The number of rotatable bonds is 3. The molecule has 0 aliphatic heterocycles. The van der Waals surface area contributed by atoms with Crippen molar-refractivity contribution in [2.24, 2.45) is 0 Å². The van der Waals surface area contributed by atoms with Gasteiger partial charge in [-0.1, -0.05) is 25.4 Å². The fraction of sp³-hybridized carbons (Fsp3) is 0.353. The van der Waals surface area contributed by atoms with Gasteiger partial charge in [0.1, 0.15) is 11.3 Å². The summed E-state index contributed by atoms with van der Waals surface area (Å²) in [5.41, 5.74) is 2.02. The summed E-state index contributed by atoms with van der Waals surface area (Å²) in [5.74, 6) is 0.622. The predicted octanol–water partition coefficient (Wildman–Crippen LogP) is 5.64. The number of imidazole rings is 1. The SMILES string of the molecule is CC(C)c1nc2c(F)cc(-c3nc(Cl)ncc3Cl)cc2n1C(C)C. The highest BCUT2D eigenvalue weighted by Gasteiger charge is 2.20. The second-order valence-electron chi connectivity index (χ2n) is 6.25. The molecule has 3 aromatic rings. The van der Waals surface area contributed by atoms with Gasteiger partial charge in [-0.3, -0.25) is 0 Å². The quantitative estimate of drug-likeness (QED) is 0.563. The van der Waals surface area contributed by atoms with Gasteiger partial charge in [0.05, 0.1) is 22.4 Å². The molecule has 7 heteroatoms. The molecule has 0 aliphatic carbocycles. The highest BCUT2D eigenvalue weighted by atomic mass is 35.5. The van der Waals surface area contributed by atoms with E-state index in [-0.39, 0.29) is 17.2 Å². The van der Waals surface area contributed by atoms with E-state index in [1.54, 1.807) is 0 Å². The number of aromatic nitrogens is 4. The standard InChI is InChI=1S/C17H17Cl2FN4/c1-8(2)16-22-15-12(20)5-10(6-13(15)24(16)9(3)4)14-11(18)7-21-17(19)23-14/h5-9H,1-4H3. The Bertz CT molecular complexity index is 919. The summed E-state index contributed by atoms with van der Waals surface area (Å²) in [7, 11) is 0. The highest BCUT2D eigenvalue weighted by Crippen LogP contribution is 2.33. The third kappa shape index (κ3) is 2.87. The van der Waals surface area contributed by atoms with Gasteiger partial charge in [-0.2, -0.15) is 0 Å². The largest absolute Gasteiger partial charge is 0.325 e. The van der Waals surface area contributed by atoms with Crippen molar-refractivity contribution >= 4 is 34.2 Å². The number of fused-ring (bicyclic) bond motifs is 1. The molecule has 0 amide bonds. The third-order valence-electron chi connectivity index (χ3n) is 3.80. The summed E-state index contributed by atoms with van der Waals surface area (Å²) < 4.78 is 16.7. The Hall–Kier alpha value is -1.72. The van der Waals surface area contributed by atoms with Gasteiger partial charge in [0.2, 0.25) is 5.28 Å². The molecule has 0 saturated heterocycles. The van der Waals surface area contributed by atoms with Crippen LogP contribution < -0.4 is 0 Å². The lowest BCUT2D eigenvalue weighted by molar-refractivity contribution is 0.564. The molecule has 4 nitrogen and oxygen atoms in total. The molecule has 1 aromatic carbocycles. The normalized spacial score (nSPS) is 11.9. The summed E-state index contributed by atoms with van der Waals surface area (Å²) in [4.78, 5) is 12.5. The first-order valence-electron chi connectivity index (χ1n) is 7.69. The Kier molecular flexibility index (Phi) is 4.49. The monoisotopic (exact) mass is 366 g/mol. The Labute approximate surface area is 149 Å². The molecule has 0 radical (unpaired) electrons. The predicted molar refractivity (Wildman–Crippen MR) is 95.2 cm³/mol. The van der Waals surface area contributed by atoms with Crippen molar-refractivity contribution in [3.05, 3.63) is 40.3 Å². The number of hydrogen-bond donors (Lipinski definition) is 0. The molecule has 0 bridgehead atoms. The van der Waals surface area contributed by atoms with E-state index < -0.39 is 5.82 Å². The van der Waals surface area contributed by atoms with Crippen LogP contribution in [0.15, 0.2) is 18.3 Å². The molecule has 3 rings (SSSR count). The Morgan fingerprint density at radius 2 is 1.79 bits per heavy atom. The molecule has 0 unspecified atom stereocenters. The topological polar surface area (TPSA) is 43.6 Å². The van der Waals surface area contributed by atoms with Crippen molar-refractivity contribution < 1.29 is 4.39 Å². The van der Waals surface area contributed by atoms with Crippen LogP contribution in [0, 0.1) is 5.82 Å². The van der Waals surface area contributed by atoms with E-state index in [1.165, 1.54) is 12.3 Å². The lowest BCUT2D eigenvalue weighted by atomic mass is 10.1. The van der Waals surface area contributed by atoms with Gasteiger partial charge < -0.3 is 4.57 Å². The molecular weight excluding hydrogens is 350 g/mol. The zero-order valence-corrected chi connectivity index (χ0v) is 15.3. The summed E-state index contributed by atoms with van der Waals surface area (Å²) in [6.07, 6.45) is 1.41. The molecule has 0 atom stereocenters. The van der Waals surface area contributed by atoms with Crippen LogP contribution in [0.25, 0.3) is 22.3 Å². The van der Waals surface area contributed by atoms with Crippen LogP contribution in [0.2, 0.25) is 10.3 Å². The van der Waals surface area contributed by atoms with E-state index >= 15 is 0 Å². The van der Waals surface area contributed by atoms with Crippen molar-refractivity contribution in [2.45, 2.75) is 39.7 Å². The summed E-state index contributed by atoms with van der Waals surface area (Å²) in [6.45, 7) is 8.18. The fourth-order valence-electron chi connectivity index (χ4n) is 2.81. The van der Waals surface area contributed by atoms with Crippen LogP contribution >= 0.6 is 23.2 Å². The van der Waals surface area contributed by atoms with Crippen LogP contribution in [0.3, 0.4) is 0 Å². The maximum absolute atomic E-state index is 14.7. The van der Waals surface area contributed by atoms with Gasteiger partial charge in [0, 0.05) is 17.5 Å². The minimum atomic E-state index is -0.408. The van der Waals surface area contributed by atoms with Crippen molar-refractivity contribution in [1.29, 1.82) is 0 Å². The van der Waals surface area contributed by atoms with Gasteiger partial charge in [-0.25, -0.2) is 19.3 Å². The van der Waals surface area contributed by atoms with E-state index in [4.69, 9.17) is 23.2 Å². The van der Waals surface area contributed by atoms with Crippen LogP contribution in [0.1, 0.15) is 45.5 Å². The van der Waals surface area contributed by atoms with Crippen LogP contribution in [-0.2, 0) is 0 Å². The minimum Gasteiger partial charge on any atom is -0.325 e. The highest BCUT2D eigenvalue weighted by molar-refractivity contribution is 6.33. The number of hydrogen-bond acceptors (Lipinski definition) is 3. The number of halogens is 3. The zero-order chi connectivity index (χ0) is 17.6. The first kappa shape index (κ1) is 17.1. The zero-order valence-electron chi connectivity index (χ0n) is 13.8. The summed E-state index contributed by atoms with van der Waals surface area (Å²) in [6, 6.07) is 3.38. The van der Waals surface area contributed by atoms with Gasteiger partial charge in [0.25, 0.3) is 0 Å². The molecule has 126 valence electrons. The van der Waals surface area contributed by atoms with Crippen LogP contribution in [0.5, 0.6) is 0 Å². The lowest BCUT2D eigenvalue weighted by Gasteiger charge is -2.15. The van der Waals surface area contributed by atoms with Gasteiger partial charge >= 0.3 is 0 Å². The van der Waals surface area contributed by atoms with Crippen LogP contribution in [-0.4, -0.2) is 19.5 Å². The maximum Gasteiger partial charge on any atom is 0.222 e. The van der Waals surface area contributed by atoms with E-state index in [2.05, 4.69) is 15.0 Å². The molecule has 0 fully saturated rings. The second-order valence-corrected chi connectivity index (χ2v) is 7.00. The molecule has 2 heterocycles. The molecule has 24 heavy (non-hydrogen) atoms. The van der Waals surface area contributed by atoms with Crippen LogP contribution in [0.4, 0.5) is 4.39 Å². The van der Waals surface area contributed by atoms with E-state index in [9.17, 15) is 4.39 Å². The van der Waals surface area contributed by atoms with Crippen molar-refractivity contribution in [3.8, 4) is 11.3 Å². The third-order valence-corrected chi connectivity index (χ3v) is 4.26. The summed E-state index contributed by atoms with van der Waals surface area (Å²) in [5, 5.41) is 0.382. The molecule has 0 saturated carbocycles. The maximum atomic E-state index is 14.7. The van der Waals surface area contributed by atoms with Crippen molar-refractivity contribution in [3.63, 3.8) is 0 Å². The van der Waals surface area contributed by atoms with Crippen molar-refractivity contribution in [1.82, 2.24) is 19.5 Å². The number of benzene rings is 1. The molecule has 2 aromatic heterocycles. The van der Waals surface area contributed by atoms with E-state index in [0.717, 1.165) is 11.3 Å².